The molecule has 34 heavy (non-hydrogen) atoms. The molecule has 0 aliphatic heterocycles. The zero-order valence-electron chi connectivity index (χ0n) is 16.6. The van der Waals surface area contributed by atoms with E-state index in [9.17, 15) is 52.0 Å². The number of hydrogen-bond acceptors (Lipinski definition) is 6. The minimum Gasteiger partial charge on any atom is -0.205 e. The van der Waals surface area contributed by atoms with Crippen molar-refractivity contribution in [1.82, 2.24) is 4.13 Å². The smallest absolute Gasteiger partial charge is 0.205 e. The van der Waals surface area contributed by atoms with Gasteiger partial charge >= 0.3 is 21.0 Å². The van der Waals surface area contributed by atoms with Crippen LogP contribution in [-0.4, -0.2) is 56.7 Å². The molecule has 0 unspecified atom stereocenters. The molecule has 2 aromatic rings. The van der Waals surface area contributed by atoms with Crippen LogP contribution in [0.1, 0.15) is 0 Å². The number of thioether (sulfide) groups is 2. The largest absolute Gasteiger partial charge is 0.431 e. The molecule has 0 bridgehead atoms. The van der Waals surface area contributed by atoms with E-state index in [1.165, 1.54) is 12.1 Å². The van der Waals surface area contributed by atoms with Crippen molar-refractivity contribution in [3.8, 4) is 0 Å². The molecule has 0 aromatic heterocycles. The molecule has 1 N–H and O–H groups in total. The number of halogens is 8. The van der Waals surface area contributed by atoms with Crippen LogP contribution in [0.5, 0.6) is 0 Å². The van der Waals surface area contributed by atoms with Gasteiger partial charge in [-0.2, -0.15) is 35.1 Å². The van der Waals surface area contributed by atoms with Crippen LogP contribution >= 0.6 is 23.5 Å². The molecule has 0 saturated carbocycles. The van der Waals surface area contributed by atoms with E-state index in [1.54, 1.807) is 0 Å². The SMILES string of the molecule is O=S(=O)(NS(=O)(=O)C(F)(F)C(F)(F)Sc1ccccc1)C(F)(F)C(F)(F)Sc1ccccc1.[Li]. The number of benzene rings is 2. The second-order valence-electron chi connectivity index (χ2n) is 5.99. The van der Waals surface area contributed by atoms with Crippen molar-refractivity contribution in [2.24, 2.45) is 0 Å². The molecule has 1 radical (unpaired) electrons. The Bertz CT molecular complexity index is 1090. The Kier molecular flexibility index (Phi) is 9.66. The maximum Gasteiger partial charge on any atom is 0.431 e. The fourth-order valence-corrected chi connectivity index (χ4v) is 6.90. The third-order valence-corrected chi connectivity index (χ3v) is 9.47. The Hall–Kier alpha value is -0.963. The van der Waals surface area contributed by atoms with Crippen molar-refractivity contribution in [1.29, 1.82) is 0 Å². The summed E-state index contributed by atoms with van der Waals surface area (Å²) in [5, 5.41) is -23.8. The van der Waals surface area contributed by atoms with Crippen LogP contribution in [0.15, 0.2) is 70.5 Å². The quantitative estimate of drug-likeness (QED) is 0.252. The van der Waals surface area contributed by atoms with Crippen molar-refractivity contribution in [2.75, 3.05) is 0 Å². The second kappa shape index (κ2) is 10.6. The first-order valence-corrected chi connectivity index (χ1v) is 12.7. The molecule has 0 atom stereocenters. The third-order valence-electron chi connectivity index (χ3n) is 3.55. The first-order valence-electron chi connectivity index (χ1n) is 8.13. The van der Waals surface area contributed by atoms with E-state index >= 15 is 0 Å². The summed E-state index contributed by atoms with van der Waals surface area (Å²) in [6.07, 6.45) is 0. The van der Waals surface area contributed by atoms with Gasteiger partial charge in [-0.1, -0.05) is 40.5 Å². The summed E-state index contributed by atoms with van der Waals surface area (Å²) in [6.45, 7) is 0. The Morgan fingerprint density at radius 2 is 0.824 bits per heavy atom. The van der Waals surface area contributed by atoms with Gasteiger partial charge in [0.25, 0.3) is 20.0 Å². The minimum absolute atomic E-state index is 0. The molecule has 5 nitrogen and oxygen atoms in total. The van der Waals surface area contributed by atoms with Gasteiger partial charge in [-0.05, 0) is 47.8 Å². The summed E-state index contributed by atoms with van der Waals surface area (Å²) in [7, 11) is -14.4. The Morgan fingerprint density at radius 1 is 0.559 bits per heavy atom. The molecular formula is C16H11F8LiNO4S4. The number of rotatable bonds is 10. The van der Waals surface area contributed by atoms with Crippen molar-refractivity contribution in [3.05, 3.63) is 60.7 Å². The van der Waals surface area contributed by atoms with Gasteiger partial charge in [0.05, 0.1) is 0 Å². The Balaban J connectivity index is 0.00000578. The summed E-state index contributed by atoms with van der Waals surface area (Å²) in [4.78, 5) is -1.17. The zero-order valence-corrected chi connectivity index (χ0v) is 19.8. The maximum absolute atomic E-state index is 14.1. The Morgan fingerprint density at radius 3 is 1.09 bits per heavy atom. The van der Waals surface area contributed by atoms with Crippen LogP contribution in [0.4, 0.5) is 35.1 Å². The summed E-state index contributed by atoms with van der Waals surface area (Å²) in [5.74, 6) is 0. The van der Waals surface area contributed by atoms with E-state index in [1.807, 2.05) is 0 Å². The minimum atomic E-state index is -7.18. The van der Waals surface area contributed by atoms with Gasteiger partial charge in [-0.15, -0.1) is 0 Å². The monoisotopic (exact) mass is 568 g/mol. The number of nitrogens with one attached hydrogen (secondary N) is 1. The van der Waals surface area contributed by atoms with Crippen molar-refractivity contribution in [3.63, 3.8) is 0 Å². The van der Waals surface area contributed by atoms with E-state index in [0.717, 1.165) is 48.5 Å². The molecular weight excluding hydrogens is 557 g/mol. The molecule has 0 aliphatic carbocycles. The molecule has 185 valence electrons. The topological polar surface area (TPSA) is 80.3 Å². The van der Waals surface area contributed by atoms with Gasteiger partial charge in [0.2, 0.25) is 0 Å². The zero-order chi connectivity index (χ0) is 25.3. The fourth-order valence-electron chi connectivity index (χ4n) is 1.95. The average molecular weight is 568 g/mol. The third kappa shape index (κ3) is 6.23. The fraction of sp³-hybridized carbons (Fsp3) is 0.250. The molecule has 0 heterocycles. The Labute approximate surface area is 209 Å². The van der Waals surface area contributed by atoms with Crippen LogP contribution in [0.25, 0.3) is 0 Å². The summed E-state index contributed by atoms with van der Waals surface area (Å²) < 4.78 is 159. The van der Waals surface area contributed by atoms with E-state index in [0.29, 0.717) is 0 Å². The van der Waals surface area contributed by atoms with E-state index in [2.05, 4.69) is 0 Å². The number of alkyl halides is 8. The van der Waals surface area contributed by atoms with Gasteiger partial charge in [-0.3, -0.25) is 0 Å². The van der Waals surface area contributed by atoms with Crippen LogP contribution in [0.3, 0.4) is 0 Å². The van der Waals surface area contributed by atoms with E-state index in [4.69, 9.17) is 0 Å². The van der Waals surface area contributed by atoms with Crippen LogP contribution in [-0.2, 0) is 20.0 Å². The van der Waals surface area contributed by atoms with Crippen LogP contribution < -0.4 is 4.13 Å². The summed E-state index contributed by atoms with van der Waals surface area (Å²) >= 11 is -2.03. The molecule has 0 spiro atoms. The number of sulfonamides is 2. The molecule has 2 rings (SSSR count). The second-order valence-corrected chi connectivity index (χ2v) is 12.1. The predicted molar refractivity (Wildman–Crippen MR) is 111 cm³/mol. The molecule has 2 aromatic carbocycles. The van der Waals surface area contributed by atoms with Gasteiger partial charge in [0.1, 0.15) is 0 Å². The molecule has 0 aliphatic rings. The summed E-state index contributed by atoms with van der Waals surface area (Å²) in [5.41, 5.74) is 0. The van der Waals surface area contributed by atoms with Crippen molar-refractivity contribution in [2.45, 2.75) is 30.8 Å². The van der Waals surface area contributed by atoms with E-state index < -0.39 is 74.4 Å². The van der Waals surface area contributed by atoms with Gasteiger partial charge < -0.3 is 0 Å². The van der Waals surface area contributed by atoms with Gasteiger partial charge in [-0.25, -0.2) is 16.8 Å². The normalized spacial score (nSPS) is 13.9. The first kappa shape index (κ1) is 31.1. The van der Waals surface area contributed by atoms with Gasteiger partial charge in [0.15, 0.2) is 0 Å². The average Bonchev–Trinajstić information content (AvgIpc) is 2.67. The standard InChI is InChI=1S/C16H11F8NO4S4.Li/c17-13(18,30-11-7-3-1-4-8-11)15(21,22)32(26,27)25-33(28,29)16(23,24)14(19,20)31-12-9-5-2-6-10-12;/h1-10,25H;. The van der Waals surface area contributed by atoms with Crippen molar-refractivity contribution < 1.29 is 52.0 Å². The van der Waals surface area contributed by atoms with Crippen molar-refractivity contribution >= 4 is 62.4 Å². The number of hydrogen-bond donors (Lipinski definition) is 1. The van der Waals surface area contributed by atoms with E-state index in [-0.39, 0.29) is 23.0 Å². The first-order chi connectivity index (χ1) is 14.9. The molecule has 0 fully saturated rings. The molecule has 18 heteroatoms. The van der Waals surface area contributed by atoms with Gasteiger partial charge in [0, 0.05) is 28.7 Å². The van der Waals surface area contributed by atoms with Crippen LogP contribution in [0.2, 0.25) is 0 Å². The predicted octanol–water partition coefficient (Wildman–Crippen LogP) is 4.81. The summed E-state index contributed by atoms with van der Waals surface area (Å²) in [6, 6.07) is 10.6. The maximum atomic E-state index is 14.1. The molecule has 0 amide bonds. The molecule has 0 saturated heterocycles. The van der Waals surface area contributed by atoms with Crippen LogP contribution in [0, 0.1) is 0 Å².